The number of aliphatic hydroxyl groups excluding tert-OH is 1. The number of aliphatic carboxylic acids is 2. The van der Waals surface area contributed by atoms with Crippen LogP contribution in [0.15, 0.2) is 64.0 Å². The molecule has 1 aromatic carbocycles. The van der Waals surface area contributed by atoms with Gasteiger partial charge >= 0.3 is 24.0 Å². The molecule has 0 radical (unpaired) electrons. The van der Waals surface area contributed by atoms with Gasteiger partial charge in [-0.15, -0.1) is 68.0 Å². The van der Waals surface area contributed by atoms with Crippen LogP contribution in [0.2, 0.25) is 0 Å². The number of hydrogen-bond donors (Lipinski definition) is 7. The van der Waals surface area contributed by atoms with E-state index in [0.717, 1.165) is 22.7 Å². The van der Waals surface area contributed by atoms with Crippen LogP contribution in [0.5, 0.6) is 0 Å². The molecule has 1 fully saturated rings. The Kier molecular flexibility index (Phi) is 24.9. The third kappa shape index (κ3) is 17.9. The van der Waals surface area contributed by atoms with Crippen molar-refractivity contribution in [3.8, 4) is 43.4 Å². The summed E-state index contributed by atoms with van der Waals surface area (Å²) in [4.78, 5) is 157. The number of pyridine rings is 1. The second-order valence-corrected chi connectivity index (χ2v) is 30.2. The lowest BCUT2D eigenvalue weighted by atomic mass is 9.70. The van der Waals surface area contributed by atoms with E-state index < -0.39 is 89.8 Å². The number of benzene rings is 1. The van der Waals surface area contributed by atoms with Gasteiger partial charge in [0, 0.05) is 77.8 Å². The van der Waals surface area contributed by atoms with Crippen molar-refractivity contribution in [1.82, 2.24) is 56.2 Å². The Labute approximate surface area is 598 Å². The second-order valence-electron chi connectivity index (χ2n) is 24.4. The number of carboxylic acid groups (broad SMARTS) is 2. The van der Waals surface area contributed by atoms with Crippen molar-refractivity contribution >= 4 is 127 Å². The second kappa shape index (κ2) is 33.6. The van der Waals surface area contributed by atoms with Crippen molar-refractivity contribution in [3.63, 3.8) is 0 Å². The molecule has 27 nitrogen and oxygen atoms in total. The molecule has 8 aromatic rings. The molecule has 4 atom stereocenters. The van der Waals surface area contributed by atoms with E-state index in [4.69, 9.17) is 49.1 Å². The molecular weight excluding hydrogens is 1410 g/mol. The fourth-order valence-corrected chi connectivity index (χ4v) is 17.4. The number of rotatable bonds is 21. The quantitative estimate of drug-likeness (QED) is 0.0259. The molecule has 7 aromatic heterocycles. The summed E-state index contributed by atoms with van der Waals surface area (Å²) in [5.41, 5.74) is 1.60. The SMILES string of the molecule is CNC(=O)C[C@@H]1NC(=O)c2csc(n2)-c2ccc(-c3nc(N(CCCCC(=O)O)C(=O)OC4CCC(CCCCC(=O)O)(C(=O)OC)CC4)cs3)nc2-c2csc(n2)-c2csc(n2)[C@H]([C@@H](O)c2ccccc2)NC(=O)CNC(=O)c2nc(sc2COC)C(C(C)C)CC(=O)c2nc1sc2C. The number of hydrogen-bond acceptors (Lipinski definition) is 26. The van der Waals surface area contributed by atoms with Crippen LogP contribution in [-0.4, -0.2) is 144 Å². The summed E-state index contributed by atoms with van der Waals surface area (Å²) in [6.07, 6.45) is 0.111. The Bertz CT molecular complexity index is 4290. The molecule has 7 N–H and O–H groups in total. The molecule has 1 saturated carbocycles. The van der Waals surface area contributed by atoms with E-state index in [1.54, 1.807) is 70.9 Å². The Balaban J connectivity index is 1.01. The van der Waals surface area contributed by atoms with Gasteiger partial charge in [-0.05, 0) is 81.9 Å². The normalized spacial score (nSPS) is 18.6. The molecule has 1 unspecified atom stereocenters. The predicted octanol–water partition coefficient (Wildman–Crippen LogP) is 11.1. The number of thiazole rings is 6. The highest BCUT2D eigenvalue weighted by Gasteiger charge is 2.44. The first-order valence-corrected chi connectivity index (χ1v) is 37.4. The van der Waals surface area contributed by atoms with Crippen molar-refractivity contribution in [3.05, 3.63) is 111 Å². The van der Waals surface area contributed by atoms with Gasteiger partial charge in [0.05, 0.1) is 53.7 Å². The molecule has 1 aliphatic heterocycles. The van der Waals surface area contributed by atoms with Gasteiger partial charge in [-0.1, -0.05) is 50.6 Å². The molecular formula is C67H74N12O15S6. The van der Waals surface area contributed by atoms with Crippen molar-refractivity contribution in [2.45, 2.75) is 141 Å². The van der Waals surface area contributed by atoms with E-state index in [2.05, 4.69) is 21.3 Å². The van der Waals surface area contributed by atoms with Crippen LogP contribution in [-0.2, 0) is 44.8 Å². The average Bonchev–Trinajstić information content (AvgIpc) is 1.58. The Morgan fingerprint density at radius 1 is 0.710 bits per heavy atom. The number of aryl methyl sites for hydroxylation is 1. The van der Waals surface area contributed by atoms with Crippen LogP contribution in [0.4, 0.5) is 10.6 Å². The lowest BCUT2D eigenvalue weighted by Crippen LogP contribution is -2.41. The summed E-state index contributed by atoms with van der Waals surface area (Å²) in [5.74, 6) is -5.49. The van der Waals surface area contributed by atoms with Crippen LogP contribution in [0.1, 0.15) is 183 Å². The van der Waals surface area contributed by atoms with Crippen LogP contribution < -0.4 is 26.2 Å². The van der Waals surface area contributed by atoms with Gasteiger partial charge in [0.15, 0.2) is 5.78 Å². The third-order valence-electron chi connectivity index (χ3n) is 17.2. The van der Waals surface area contributed by atoms with Gasteiger partial charge in [0.2, 0.25) is 11.8 Å². The number of aromatic nitrogens is 7. The highest BCUT2D eigenvalue weighted by molar-refractivity contribution is 7.15. The Morgan fingerprint density at radius 2 is 1.39 bits per heavy atom. The van der Waals surface area contributed by atoms with Crippen molar-refractivity contribution in [2.24, 2.45) is 11.3 Å². The van der Waals surface area contributed by atoms with E-state index in [-0.39, 0.29) is 86.3 Å². The number of anilines is 1. The zero-order valence-electron chi connectivity index (χ0n) is 55.4. The number of esters is 1. The van der Waals surface area contributed by atoms with Gasteiger partial charge < -0.3 is 50.8 Å². The Hall–Kier alpha value is -8.70. The monoisotopic (exact) mass is 1480 g/mol. The summed E-state index contributed by atoms with van der Waals surface area (Å²) in [5, 5.41) is 50.8. The zero-order chi connectivity index (χ0) is 71.4. The highest BCUT2D eigenvalue weighted by Crippen LogP contribution is 2.45. The highest BCUT2D eigenvalue weighted by atomic mass is 32.1. The van der Waals surface area contributed by atoms with Gasteiger partial charge in [0.25, 0.3) is 11.8 Å². The summed E-state index contributed by atoms with van der Waals surface area (Å²) in [6, 6.07) is 10.0. The number of aliphatic hydroxyl groups is 1. The van der Waals surface area contributed by atoms with Crippen LogP contribution in [0.25, 0.3) is 43.4 Å². The number of fused-ring (bicyclic) bond motifs is 14. The van der Waals surface area contributed by atoms with Crippen molar-refractivity contribution < 1.29 is 72.7 Å². The van der Waals surface area contributed by atoms with E-state index in [1.807, 2.05) is 13.8 Å². The fraction of sp³-hybridized carbons (Fsp3) is 0.433. The molecule has 10 bridgehead atoms. The number of nitrogens with zero attached hydrogens (tertiary/aromatic N) is 8. The number of carbonyl (C=O) groups excluding carboxylic acids is 7. The van der Waals surface area contributed by atoms with Crippen LogP contribution in [0, 0.1) is 18.3 Å². The number of carboxylic acids is 2. The zero-order valence-corrected chi connectivity index (χ0v) is 60.3. The molecule has 528 valence electrons. The fourth-order valence-electron chi connectivity index (χ4n) is 11.8. The lowest BCUT2D eigenvalue weighted by molar-refractivity contribution is -0.157. The minimum Gasteiger partial charge on any atom is -0.481 e. The first-order valence-electron chi connectivity index (χ1n) is 32.2. The number of unbranched alkanes of at least 4 members (excludes halogenated alkanes) is 2. The van der Waals surface area contributed by atoms with E-state index >= 15 is 0 Å². The maximum absolute atomic E-state index is 14.5. The molecule has 10 rings (SSSR count). The summed E-state index contributed by atoms with van der Waals surface area (Å²) >= 11 is 7.09. The first kappa shape index (κ1) is 74.0. The molecule has 1 aliphatic carbocycles. The van der Waals surface area contributed by atoms with E-state index in [9.17, 15) is 58.5 Å². The molecule has 33 heteroatoms. The number of ketones is 1. The molecule has 0 saturated heterocycles. The first-order chi connectivity index (χ1) is 48.0. The summed E-state index contributed by atoms with van der Waals surface area (Å²) in [6.45, 7) is 5.12. The van der Waals surface area contributed by atoms with Gasteiger partial charge in [0.1, 0.15) is 83.3 Å². The van der Waals surface area contributed by atoms with Gasteiger partial charge in [-0.25, -0.2) is 39.7 Å². The van der Waals surface area contributed by atoms with Crippen molar-refractivity contribution in [2.75, 3.05) is 39.3 Å². The lowest BCUT2D eigenvalue weighted by Gasteiger charge is -2.38. The van der Waals surface area contributed by atoms with Crippen molar-refractivity contribution in [1.29, 1.82) is 0 Å². The van der Waals surface area contributed by atoms with E-state index in [0.29, 0.717) is 119 Å². The molecule has 0 spiro atoms. The van der Waals surface area contributed by atoms with Gasteiger partial charge in [-0.3, -0.25) is 43.3 Å². The Morgan fingerprint density at radius 3 is 2.10 bits per heavy atom. The molecule has 5 amide bonds. The number of amides is 5. The average molecular weight is 1480 g/mol. The molecule has 8 heterocycles. The largest absolute Gasteiger partial charge is 0.481 e. The minimum absolute atomic E-state index is 0.00732. The number of methoxy groups -OCH3 is 2. The topological polar surface area (TPSA) is 384 Å². The molecule has 2 aliphatic rings. The number of ether oxygens (including phenoxy) is 3. The maximum atomic E-state index is 14.5. The maximum Gasteiger partial charge on any atom is 0.415 e. The third-order valence-corrected chi connectivity index (χ3v) is 22.9. The predicted molar refractivity (Wildman–Crippen MR) is 377 cm³/mol. The summed E-state index contributed by atoms with van der Waals surface area (Å²) in [7, 11) is 4.25. The number of nitrogens with one attached hydrogen (secondary N) is 4. The van der Waals surface area contributed by atoms with E-state index in [1.165, 1.54) is 71.5 Å². The van der Waals surface area contributed by atoms with Gasteiger partial charge in [-0.2, -0.15) is 0 Å². The number of carbonyl (C=O) groups is 9. The summed E-state index contributed by atoms with van der Waals surface area (Å²) < 4.78 is 16.8. The smallest absolute Gasteiger partial charge is 0.415 e. The van der Waals surface area contributed by atoms with Crippen LogP contribution in [0.3, 0.4) is 0 Å². The number of Topliss-reactive ketones (excluding diaryl/α,β-unsaturated/α-hetero) is 1. The molecule has 100 heavy (non-hydrogen) atoms. The van der Waals surface area contributed by atoms with Crippen LogP contribution >= 0.6 is 68.0 Å². The standard InChI is InChI=1S/C67H74N12O15S6/c1-34(2)39-26-45(80)52-35(3)99-63(77-52)41(27-48(81)68-4)71-57(88)43-31-95-59(73-43)38-18-19-40(61-75-47(33-98-61)79(25-13-11-17-51(85)86)66(91)94-37-20-23-67(24-21-37,65(90)93-6)22-12-10-16-50(83)84)70-53(38)42-30-96-62(72-42)44-32-97-64(74-44)55(56(87)36-14-8-7-9-15-36)76-49(82)28-69-58(89)54-46(29-92-5)100-60(39)78-54/h7-9,14-15,18-19,30-34,37,39,41,55-56,87H,10-13,16-17,20-29H2,1-6H3,(H,68,81)(H,69,89)(H,71,88)(H,76,82)(H,83,84)(H,85,86)/t37?,39?,41-,55-,56-,67?/m0/s1. The minimum atomic E-state index is -1.31.